The van der Waals surface area contributed by atoms with Crippen LogP contribution in [0.15, 0.2) is 22.6 Å². The summed E-state index contributed by atoms with van der Waals surface area (Å²) in [5, 5.41) is 13.8. The summed E-state index contributed by atoms with van der Waals surface area (Å²) in [7, 11) is 0. The molecule has 0 unspecified atom stereocenters. The van der Waals surface area contributed by atoms with Gasteiger partial charge in [-0.25, -0.2) is 0 Å². The molecule has 6 nitrogen and oxygen atoms in total. The van der Waals surface area contributed by atoms with Crippen LogP contribution in [0, 0.1) is 16.0 Å². The van der Waals surface area contributed by atoms with Crippen LogP contribution >= 0.6 is 0 Å². The van der Waals surface area contributed by atoms with Crippen molar-refractivity contribution in [3.05, 3.63) is 28.3 Å². The highest BCUT2D eigenvalue weighted by Gasteiger charge is 2.11. The van der Waals surface area contributed by atoms with E-state index < -0.39 is 4.92 Å². The largest absolute Gasteiger partial charge is 0.423 e. The monoisotopic (exact) mass is 277 g/mol. The van der Waals surface area contributed by atoms with E-state index in [9.17, 15) is 10.1 Å². The molecule has 2 rings (SSSR count). The highest BCUT2D eigenvalue weighted by molar-refractivity contribution is 5.77. The summed E-state index contributed by atoms with van der Waals surface area (Å²) in [6.07, 6.45) is 3.43. The van der Waals surface area contributed by atoms with Gasteiger partial charge in [0.05, 0.1) is 11.0 Å². The topological polar surface area (TPSA) is 81.2 Å². The second-order valence-corrected chi connectivity index (χ2v) is 5.24. The summed E-state index contributed by atoms with van der Waals surface area (Å²) in [5.41, 5.74) is 1.07. The van der Waals surface area contributed by atoms with Gasteiger partial charge in [0.25, 0.3) is 11.7 Å². The number of rotatable bonds is 7. The number of oxazole rings is 1. The molecular weight excluding hydrogens is 258 g/mol. The molecule has 0 atom stereocenters. The zero-order valence-electron chi connectivity index (χ0n) is 11.8. The SMILES string of the molecule is CC(C)CCCCNc1nc2ccc([N+](=O)[O-])cc2o1. The third-order valence-corrected chi connectivity index (χ3v) is 3.07. The van der Waals surface area contributed by atoms with Gasteiger partial charge >= 0.3 is 0 Å². The number of hydrogen-bond donors (Lipinski definition) is 1. The fourth-order valence-electron chi connectivity index (χ4n) is 1.98. The van der Waals surface area contributed by atoms with E-state index >= 15 is 0 Å². The lowest BCUT2D eigenvalue weighted by molar-refractivity contribution is -0.384. The molecule has 0 aliphatic rings. The lowest BCUT2D eigenvalue weighted by atomic mass is 10.1. The molecule has 2 aromatic rings. The highest BCUT2D eigenvalue weighted by atomic mass is 16.6. The van der Waals surface area contributed by atoms with Gasteiger partial charge in [-0.1, -0.05) is 26.7 Å². The van der Waals surface area contributed by atoms with Gasteiger partial charge in [0.2, 0.25) is 0 Å². The standard InChI is InChI=1S/C14H19N3O3/c1-10(2)5-3-4-8-15-14-16-12-7-6-11(17(18)19)9-13(12)20-14/h6-7,9-10H,3-5,8H2,1-2H3,(H,15,16). The molecule has 0 bridgehead atoms. The van der Waals surface area contributed by atoms with Crippen molar-refractivity contribution in [3.63, 3.8) is 0 Å². The summed E-state index contributed by atoms with van der Waals surface area (Å²) in [4.78, 5) is 14.5. The van der Waals surface area contributed by atoms with Crippen LogP contribution in [-0.4, -0.2) is 16.5 Å². The van der Waals surface area contributed by atoms with Crippen LogP contribution in [-0.2, 0) is 0 Å². The number of hydrogen-bond acceptors (Lipinski definition) is 5. The van der Waals surface area contributed by atoms with Gasteiger partial charge < -0.3 is 9.73 Å². The Morgan fingerprint density at radius 2 is 2.20 bits per heavy atom. The van der Waals surface area contributed by atoms with Crippen molar-refractivity contribution < 1.29 is 9.34 Å². The molecule has 6 heteroatoms. The first-order valence-electron chi connectivity index (χ1n) is 6.85. The van der Waals surface area contributed by atoms with Gasteiger partial charge in [-0.15, -0.1) is 0 Å². The quantitative estimate of drug-likeness (QED) is 0.470. The maximum absolute atomic E-state index is 10.7. The average molecular weight is 277 g/mol. The van der Waals surface area contributed by atoms with E-state index in [2.05, 4.69) is 24.1 Å². The van der Waals surface area contributed by atoms with Crippen LogP contribution in [0.25, 0.3) is 11.1 Å². The maximum atomic E-state index is 10.7. The van der Waals surface area contributed by atoms with Crippen LogP contribution in [0.3, 0.4) is 0 Å². The molecule has 0 amide bonds. The van der Waals surface area contributed by atoms with Gasteiger partial charge in [-0.3, -0.25) is 10.1 Å². The van der Waals surface area contributed by atoms with Crippen LogP contribution in [0.5, 0.6) is 0 Å². The minimum atomic E-state index is -0.443. The average Bonchev–Trinajstić information content (AvgIpc) is 2.79. The molecule has 1 aromatic heterocycles. The fourth-order valence-corrected chi connectivity index (χ4v) is 1.98. The Labute approximate surface area is 117 Å². The number of aromatic nitrogens is 1. The molecule has 0 radical (unpaired) electrons. The first kappa shape index (κ1) is 14.3. The first-order valence-corrected chi connectivity index (χ1v) is 6.85. The van der Waals surface area contributed by atoms with Gasteiger partial charge in [0.15, 0.2) is 5.58 Å². The minimum absolute atomic E-state index is 0.0112. The lowest BCUT2D eigenvalue weighted by Crippen LogP contribution is -2.02. The van der Waals surface area contributed by atoms with Crippen molar-refractivity contribution in [1.29, 1.82) is 0 Å². The van der Waals surface area contributed by atoms with E-state index in [1.165, 1.54) is 18.6 Å². The molecule has 0 aliphatic carbocycles. The van der Waals surface area contributed by atoms with Crippen LogP contribution < -0.4 is 5.32 Å². The van der Waals surface area contributed by atoms with E-state index in [1.807, 2.05) is 0 Å². The first-order chi connectivity index (χ1) is 9.56. The molecule has 0 aliphatic heterocycles. The van der Waals surface area contributed by atoms with Gasteiger partial charge in [0, 0.05) is 12.6 Å². The predicted molar refractivity (Wildman–Crippen MR) is 77.8 cm³/mol. The van der Waals surface area contributed by atoms with E-state index in [0.717, 1.165) is 25.3 Å². The van der Waals surface area contributed by atoms with E-state index in [-0.39, 0.29) is 5.69 Å². The number of nitro groups is 1. The highest BCUT2D eigenvalue weighted by Crippen LogP contribution is 2.23. The molecule has 0 fully saturated rings. The number of fused-ring (bicyclic) bond motifs is 1. The zero-order valence-corrected chi connectivity index (χ0v) is 11.8. The predicted octanol–water partition coefficient (Wildman–Crippen LogP) is 3.97. The molecule has 20 heavy (non-hydrogen) atoms. The van der Waals surface area contributed by atoms with Gasteiger partial charge in [-0.05, 0) is 18.4 Å². The van der Waals surface area contributed by atoms with Crippen molar-refractivity contribution in [2.45, 2.75) is 33.1 Å². The molecule has 0 spiro atoms. The van der Waals surface area contributed by atoms with Crippen LogP contribution in [0.1, 0.15) is 33.1 Å². The number of unbranched alkanes of at least 4 members (excludes halogenated alkanes) is 1. The number of anilines is 1. The van der Waals surface area contributed by atoms with E-state index in [1.54, 1.807) is 6.07 Å². The molecule has 1 heterocycles. The second-order valence-electron chi connectivity index (χ2n) is 5.24. The number of nitro benzene ring substituents is 1. The third-order valence-electron chi connectivity index (χ3n) is 3.07. The summed E-state index contributed by atoms with van der Waals surface area (Å²) >= 11 is 0. The molecule has 0 saturated carbocycles. The Morgan fingerprint density at radius 1 is 1.40 bits per heavy atom. The smallest absolute Gasteiger partial charge is 0.295 e. The molecular formula is C14H19N3O3. The van der Waals surface area contributed by atoms with Crippen molar-refractivity contribution >= 4 is 22.8 Å². The van der Waals surface area contributed by atoms with Crippen LogP contribution in [0.2, 0.25) is 0 Å². The number of benzene rings is 1. The Morgan fingerprint density at radius 3 is 2.90 bits per heavy atom. The molecule has 108 valence electrons. The van der Waals surface area contributed by atoms with Crippen molar-refractivity contribution in [2.24, 2.45) is 5.92 Å². The van der Waals surface area contributed by atoms with E-state index in [4.69, 9.17) is 4.42 Å². The molecule has 1 N–H and O–H groups in total. The van der Waals surface area contributed by atoms with Crippen molar-refractivity contribution in [2.75, 3.05) is 11.9 Å². The number of nitrogens with one attached hydrogen (secondary N) is 1. The van der Waals surface area contributed by atoms with Gasteiger partial charge in [0.1, 0.15) is 5.52 Å². The molecule has 1 aromatic carbocycles. The van der Waals surface area contributed by atoms with Crippen molar-refractivity contribution in [3.8, 4) is 0 Å². The normalized spacial score (nSPS) is 11.2. The Kier molecular flexibility index (Phi) is 4.55. The summed E-state index contributed by atoms with van der Waals surface area (Å²) in [6.45, 7) is 5.21. The minimum Gasteiger partial charge on any atom is -0.423 e. The fraction of sp³-hybridized carbons (Fsp3) is 0.500. The lowest BCUT2D eigenvalue weighted by Gasteiger charge is -2.04. The zero-order chi connectivity index (χ0) is 14.5. The third kappa shape index (κ3) is 3.69. The van der Waals surface area contributed by atoms with Crippen LogP contribution in [0.4, 0.5) is 11.7 Å². The van der Waals surface area contributed by atoms with E-state index in [0.29, 0.717) is 17.1 Å². The second kappa shape index (κ2) is 6.36. The maximum Gasteiger partial charge on any atom is 0.295 e. The van der Waals surface area contributed by atoms with Crippen molar-refractivity contribution in [1.82, 2.24) is 4.98 Å². The molecule has 0 saturated heterocycles. The summed E-state index contributed by atoms with van der Waals surface area (Å²) < 4.78 is 5.46. The van der Waals surface area contributed by atoms with Gasteiger partial charge in [-0.2, -0.15) is 4.98 Å². The summed E-state index contributed by atoms with van der Waals surface area (Å²) in [5.74, 6) is 0.722. The summed E-state index contributed by atoms with van der Waals surface area (Å²) in [6, 6.07) is 4.84. The Balaban J connectivity index is 1.93. The Bertz CT molecular complexity index is 592. The number of nitrogens with zero attached hydrogens (tertiary/aromatic N) is 2. The Hall–Kier alpha value is -2.11. The number of non-ortho nitro benzene ring substituents is 1.